The Labute approximate surface area is 194 Å². The Morgan fingerprint density at radius 1 is 1.21 bits per heavy atom. The van der Waals surface area contributed by atoms with E-state index >= 15 is 0 Å². The van der Waals surface area contributed by atoms with Gasteiger partial charge in [-0.2, -0.15) is 5.26 Å². The van der Waals surface area contributed by atoms with Gasteiger partial charge in [-0.25, -0.2) is 9.78 Å². The van der Waals surface area contributed by atoms with Crippen LogP contribution in [0.1, 0.15) is 48.0 Å². The molecule has 0 aliphatic rings. The Bertz CT molecular complexity index is 1570. The number of rotatable bonds is 4. The van der Waals surface area contributed by atoms with Crippen LogP contribution in [0.25, 0.3) is 32.6 Å². The van der Waals surface area contributed by atoms with Crippen LogP contribution in [-0.4, -0.2) is 20.6 Å². The normalized spacial score (nSPS) is 11.8. The lowest BCUT2D eigenvalue weighted by Gasteiger charge is -2.13. The van der Waals surface area contributed by atoms with Gasteiger partial charge in [0.05, 0.1) is 16.8 Å². The van der Waals surface area contributed by atoms with Gasteiger partial charge in [-0.3, -0.25) is 0 Å². The van der Waals surface area contributed by atoms with Crippen LogP contribution < -0.4 is 0 Å². The lowest BCUT2D eigenvalue weighted by Crippen LogP contribution is -2.11. The minimum absolute atomic E-state index is 0.0129. The zero-order chi connectivity index (χ0) is 23.3. The SMILES string of the molecule is CC(C)(C)c1csc(-c2cc3cc(Cn4cc(C#N)c5cc(C(=O)O)ccc54)ccc3o2)n1. The second-order valence-corrected chi connectivity index (χ2v) is 9.95. The Balaban J connectivity index is 1.49. The number of nitrogens with zero attached hydrogens (tertiary/aromatic N) is 3. The molecule has 164 valence electrons. The predicted octanol–water partition coefficient (Wildman–Crippen LogP) is 6.43. The van der Waals surface area contributed by atoms with E-state index in [4.69, 9.17) is 9.40 Å². The molecule has 0 atom stereocenters. The molecule has 0 radical (unpaired) electrons. The molecular weight excluding hydrogens is 434 g/mol. The lowest BCUT2D eigenvalue weighted by atomic mass is 9.93. The highest BCUT2D eigenvalue weighted by Gasteiger charge is 2.19. The molecule has 5 aromatic rings. The molecule has 33 heavy (non-hydrogen) atoms. The molecule has 0 aliphatic carbocycles. The van der Waals surface area contributed by atoms with E-state index in [-0.39, 0.29) is 11.0 Å². The Kier molecular flexibility index (Phi) is 4.84. The number of carbonyl (C=O) groups is 1. The maximum absolute atomic E-state index is 11.3. The Morgan fingerprint density at radius 2 is 2.03 bits per heavy atom. The molecule has 1 N–H and O–H groups in total. The number of hydrogen-bond donors (Lipinski definition) is 1. The number of fused-ring (bicyclic) bond motifs is 2. The van der Waals surface area contributed by atoms with Crippen LogP contribution in [0.15, 0.2) is 58.5 Å². The van der Waals surface area contributed by atoms with E-state index in [0.717, 1.165) is 38.5 Å². The fourth-order valence-corrected chi connectivity index (χ4v) is 4.87. The minimum Gasteiger partial charge on any atom is -0.478 e. The van der Waals surface area contributed by atoms with Crippen molar-refractivity contribution in [3.8, 4) is 16.8 Å². The summed E-state index contributed by atoms with van der Waals surface area (Å²) in [6.07, 6.45) is 1.77. The maximum Gasteiger partial charge on any atom is 0.335 e. The number of thiazole rings is 1. The van der Waals surface area contributed by atoms with Crippen molar-refractivity contribution < 1.29 is 14.3 Å². The van der Waals surface area contributed by atoms with Crippen LogP contribution in [0, 0.1) is 11.3 Å². The maximum atomic E-state index is 11.3. The molecule has 0 spiro atoms. The molecule has 3 aromatic heterocycles. The number of aromatic nitrogens is 2. The molecule has 0 fully saturated rings. The number of benzene rings is 2. The van der Waals surface area contributed by atoms with Crippen molar-refractivity contribution in [2.45, 2.75) is 32.7 Å². The van der Waals surface area contributed by atoms with Gasteiger partial charge in [0, 0.05) is 39.8 Å². The van der Waals surface area contributed by atoms with Gasteiger partial charge >= 0.3 is 5.97 Å². The third-order valence-electron chi connectivity index (χ3n) is 5.67. The average molecular weight is 456 g/mol. The largest absolute Gasteiger partial charge is 0.478 e. The highest BCUT2D eigenvalue weighted by molar-refractivity contribution is 7.13. The second kappa shape index (κ2) is 7.61. The number of carboxylic acids is 1. The summed E-state index contributed by atoms with van der Waals surface area (Å²) in [7, 11) is 0. The fourth-order valence-electron chi connectivity index (χ4n) is 3.87. The summed E-state index contributed by atoms with van der Waals surface area (Å²) in [4.78, 5) is 16.1. The molecule has 0 unspecified atom stereocenters. The monoisotopic (exact) mass is 455 g/mol. The van der Waals surface area contributed by atoms with Gasteiger partial charge in [0.25, 0.3) is 0 Å². The van der Waals surface area contributed by atoms with Gasteiger partial charge in [0.15, 0.2) is 10.8 Å². The fraction of sp³-hybridized carbons (Fsp3) is 0.192. The predicted molar refractivity (Wildman–Crippen MR) is 129 cm³/mol. The lowest BCUT2D eigenvalue weighted by molar-refractivity contribution is 0.0697. The topological polar surface area (TPSA) is 92.0 Å². The van der Waals surface area contributed by atoms with Crippen molar-refractivity contribution in [3.63, 3.8) is 0 Å². The first-order chi connectivity index (χ1) is 15.7. The summed E-state index contributed by atoms with van der Waals surface area (Å²) < 4.78 is 8.03. The third-order valence-corrected chi connectivity index (χ3v) is 6.52. The molecular formula is C26H21N3O3S. The molecule has 0 amide bonds. The molecule has 0 saturated carbocycles. The summed E-state index contributed by atoms with van der Waals surface area (Å²) in [5, 5.41) is 23.4. The van der Waals surface area contributed by atoms with E-state index in [1.807, 2.05) is 22.8 Å². The summed E-state index contributed by atoms with van der Waals surface area (Å²) in [6.45, 7) is 6.97. The van der Waals surface area contributed by atoms with Gasteiger partial charge in [-0.05, 0) is 42.0 Å². The molecule has 0 saturated heterocycles. The van der Waals surface area contributed by atoms with Crippen LogP contribution in [0.2, 0.25) is 0 Å². The van der Waals surface area contributed by atoms with Crippen LogP contribution in [-0.2, 0) is 12.0 Å². The van der Waals surface area contributed by atoms with Crippen LogP contribution in [0.4, 0.5) is 0 Å². The molecule has 0 aliphatic heterocycles. The molecule has 3 heterocycles. The minimum atomic E-state index is -1.01. The van der Waals surface area contributed by atoms with E-state index < -0.39 is 5.97 Å². The van der Waals surface area contributed by atoms with Gasteiger partial charge in [-0.1, -0.05) is 26.8 Å². The van der Waals surface area contributed by atoms with E-state index in [2.05, 4.69) is 38.3 Å². The van der Waals surface area contributed by atoms with Gasteiger partial charge in [-0.15, -0.1) is 11.3 Å². The number of hydrogen-bond acceptors (Lipinski definition) is 5. The Morgan fingerprint density at radius 3 is 2.73 bits per heavy atom. The zero-order valence-corrected chi connectivity index (χ0v) is 19.2. The van der Waals surface area contributed by atoms with Crippen LogP contribution in [0.5, 0.6) is 0 Å². The molecule has 2 aromatic carbocycles. The first-order valence-corrected chi connectivity index (χ1v) is 11.4. The highest BCUT2D eigenvalue weighted by atomic mass is 32.1. The number of carboxylic acid groups (broad SMARTS) is 1. The van der Waals surface area contributed by atoms with Crippen molar-refractivity contribution in [2.75, 3.05) is 0 Å². The van der Waals surface area contributed by atoms with Gasteiger partial charge < -0.3 is 14.1 Å². The summed E-state index contributed by atoms with van der Waals surface area (Å²) >= 11 is 1.58. The quantitative estimate of drug-likeness (QED) is 0.337. The summed E-state index contributed by atoms with van der Waals surface area (Å²) in [5.41, 5.74) is 4.32. The van der Waals surface area contributed by atoms with E-state index in [1.54, 1.807) is 35.7 Å². The summed E-state index contributed by atoms with van der Waals surface area (Å²) in [6, 6.07) is 15.1. The van der Waals surface area contributed by atoms with Crippen molar-refractivity contribution in [2.24, 2.45) is 0 Å². The molecule has 6 nitrogen and oxygen atoms in total. The zero-order valence-electron chi connectivity index (χ0n) is 18.4. The van der Waals surface area contributed by atoms with E-state index in [1.165, 1.54) is 0 Å². The number of aromatic carboxylic acids is 1. The first-order valence-electron chi connectivity index (χ1n) is 10.5. The number of nitriles is 1. The average Bonchev–Trinajstić information content (AvgIpc) is 3.49. The smallest absolute Gasteiger partial charge is 0.335 e. The molecule has 5 rings (SSSR count). The van der Waals surface area contributed by atoms with Crippen LogP contribution >= 0.6 is 11.3 Å². The highest BCUT2D eigenvalue weighted by Crippen LogP contribution is 2.34. The molecule has 0 bridgehead atoms. The second-order valence-electron chi connectivity index (χ2n) is 9.09. The standard InChI is InChI=1S/C26H21N3O3S/c1-26(2,3)23-14-33-24(28-23)22-10-17-8-15(4-7-21(17)32-22)12-29-13-18(11-27)19-9-16(25(30)31)5-6-20(19)29/h4-10,13-14H,12H2,1-3H3,(H,30,31). The van der Waals surface area contributed by atoms with E-state index in [0.29, 0.717) is 17.5 Å². The van der Waals surface area contributed by atoms with Crippen LogP contribution in [0.3, 0.4) is 0 Å². The first kappa shape index (κ1) is 21.0. The third kappa shape index (κ3) is 3.79. The summed E-state index contributed by atoms with van der Waals surface area (Å²) in [5.74, 6) is -0.258. The number of furan rings is 1. The van der Waals surface area contributed by atoms with E-state index in [9.17, 15) is 15.2 Å². The van der Waals surface area contributed by atoms with Crippen molar-refractivity contribution in [3.05, 3.63) is 76.4 Å². The van der Waals surface area contributed by atoms with Crippen molar-refractivity contribution >= 4 is 39.2 Å². The van der Waals surface area contributed by atoms with Crippen molar-refractivity contribution in [1.82, 2.24) is 9.55 Å². The van der Waals surface area contributed by atoms with Crippen molar-refractivity contribution in [1.29, 1.82) is 5.26 Å². The Hall–Kier alpha value is -3.89. The molecule has 7 heteroatoms. The van der Waals surface area contributed by atoms with Gasteiger partial charge in [0.1, 0.15) is 11.7 Å². The van der Waals surface area contributed by atoms with Gasteiger partial charge in [0.2, 0.25) is 0 Å².